The highest BCUT2D eigenvalue weighted by Gasteiger charge is 2.10. The third kappa shape index (κ3) is 2.41. The molecule has 0 aliphatic rings. The molecule has 0 aliphatic carbocycles. The first-order valence-corrected chi connectivity index (χ1v) is 5.45. The van der Waals surface area contributed by atoms with Crippen molar-refractivity contribution < 1.29 is 9.84 Å². The average molecular weight is 240 g/mol. The lowest BCUT2D eigenvalue weighted by atomic mass is 10.1. The van der Waals surface area contributed by atoms with Gasteiger partial charge in [0, 0.05) is 11.8 Å². The summed E-state index contributed by atoms with van der Waals surface area (Å²) < 4.78 is 5.55. The monoisotopic (exact) mass is 240 g/mol. The number of rotatable bonds is 2. The molecule has 1 heterocycles. The first kappa shape index (κ1) is 11.9. The van der Waals surface area contributed by atoms with E-state index >= 15 is 0 Å². The molecular weight excluding hydrogens is 228 g/mol. The van der Waals surface area contributed by atoms with Crippen LogP contribution in [0, 0.1) is 25.2 Å². The van der Waals surface area contributed by atoms with E-state index in [0.717, 1.165) is 11.3 Å². The number of nitrogens with zero attached hydrogens (tertiary/aromatic N) is 2. The zero-order chi connectivity index (χ0) is 13.1. The van der Waals surface area contributed by atoms with Crippen LogP contribution >= 0.6 is 0 Å². The molecule has 0 saturated heterocycles. The zero-order valence-corrected chi connectivity index (χ0v) is 10.1. The van der Waals surface area contributed by atoms with Gasteiger partial charge in [0.1, 0.15) is 23.1 Å². The summed E-state index contributed by atoms with van der Waals surface area (Å²) in [5, 5.41) is 18.5. The van der Waals surface area contributed by atoms with Crippen molar-refractivity contribution in [2.24, 2.45) is 0 Å². The van der Waals surface area contributed by atoms with Crippen molar-refractivity contribution in [3.63, 3.8) is 0 Å². The molecule has 2 aromatic rings. The van der Waals surface area contributed by atoms with Gasteiger partial charge in [-0.15, -0.1) is 0 Å². The van der Waals surface area contributed by atoms with Gasteiger partial charge in [0.05, 0.1) is 0 Å². The van der Waals surface area contributed by atoms with Gasteiger partial charge >= 0.3 is 0 Å². The van der Waals surface area contributed by atoms with Gasteiger partial charge in [-0.05, 0) is 37.6 Å². The highest BCUT2D eigenvalue weighted by atomic mass is 16.5. The van der Waals surface area contributed by atoms with Gasteiger partial charge in [0.25, 0.3) is 0 Å². The molecular formula is C14H12N2O2. The Hall–Kier alpha value is -2.54. The third-order valence-corrected chi connectivity index (χ3v) is 2.46. The quantitative estimate of drug-likeness (QED) is 0.876. The highest BCUT2D eigenvalue weighted by molar-refractivity contribution is 5.47. The van der Waals surface area contributed by atoms with Crippen molar-refractivity contribution in [2.45, 2.75) is 13.8 Å². The van der Waals surface area contributed by atoms with E-state index in [-0.39, 0.29) is 11.6 Å². The Morgan fingerprint density at radius 2 is 2.06 bits per heavy atom. The van der Waals surface area contributed by atoms with Crippen LogP contribution in [0.4, 0.5) is 0 Å². The summed E-state index contributed by atoms with van der Waals surface area (Å²) in [6.45, 7) is 3.67. The van der Waals surface area contributed by atoms with Crippen LogP contribution in [-0.4, -0.2) is 10.1 Å². The van der Waals surface area contributed by atoms with Crippen molar-refractivity contribution >= 4 is 0 Å². The topological polar surface area (TPSA) is 66.1 Å². The molecule has 1 aromatic carbocycles. The second-order valence-corrected chi connectivity index (χ2v) is 3.97. The molecule has 18 heavy (non-hydrogen) atoms. The van der Waals surface area contributed by atoms with E-state index in [4.69, 9.17) is 10.00 Å². The lowest BCUT2D eigenvalue weighted by Gasteiger charge is -2.09. The molecule has 0 fully saturated rings. The largest absolute Gasteiger partial charge is 0.508 e. The molecule has 0 bridgehead atoms. The molecule has 4 heteroatoms. The minimum Gasteiger partial charge on any atom is -0.508 e. The normalized spacial score (nSPS) is 9.83. The van der Waals surface area contributed by atoms with Gasteiger partial charge in [0.15, 0.2) is 0 Å². The van der Waals surface area contributed by atoms with Gasteiger partial charge in [-0.2, -0.15) is 5.26 Å². The molecule has 0 spiro atoms. The maximum Gasteiger partial charge on any atom is 0.237 e. The minimum atomic E-state index is 0.107. The van der Waals surface area contributed by atoms with Crippen LogP contribution in [0.2, 0.25) is 0 Å². The van der Waals surface area contributed by atoms with Crippen LogP contribution < -0.4 is 4.74 Å². The van der Waals surface area contributed by atoms with E-state index < -0.39 is 0 Å². The second-order valence-electron chi connectivity index (χ2n) is 3.97. The molecule has 0 atom stereocenters. The van der Waals surface area contributed by atoms with E-state index in [1.54, 1.807) is 18.2 Å². The lowest BCUT2D eigenvalue weighted by Crippen LogP contribution is -1.96. The fourth-order valence-corrected chi connectivity index (χ4v) is 1.67. The average Bonchev–Trinajstić information content (AvgIpc) is 2.28. The Labute approximate surface area is 105 Å². The molecule has 0 saturated carbocycles. The summed E-state index contributed by atoms with van der Waals surface area (Å²) in [4.78, 5) is 4.20. The maximum absolute atomic E-state index is 9.36. The van der Waals surface area contributed by atoms with Crippen LogP contribution in [0.5, 0.6) is 17.4 Å². The number of aromatic nitrogens is 1. The van der Waals surface area contributed by atoms with Crippen molar-refractivity contribution in [3.8, 4) is 23.4 Å². The molecule has 4 nitrogen and oxygen atoms in total. The Morgan fingerprint density at radius 1 is 1.28 bits per heavy atom. The van der Waals surface area contributed by atoms with Crippen LogP contribution in [-0.2, 0) is 0 Å². The Morgan fingerprint density at radius 3 is 2.72 bits per heavy atom. The molecule has 1 N–H and O–H groups in total. The number of phenolic OH excluding ortho intramolecular Hbond substituents is 1. The van der Waals surface area contributed by atoms with E-state index in [2.05, 4.69) is 11.1 Å². The minimum absolute atomic E-state index is 0.107. The third-order valence-electron chi connectivity index (χ3n) is 2.46. The first-order valence-electron chi connectivity index (χ1n) is 5.45. The molecule has 2 rings (SSSR count). The predicted octanol–water partition coefficient (Wildman–Crippen LogP) is 3.07. The molecule has 0 aliphatic heterocycles. The van der Waals surface area contributed by atoms with E-state index in [1.165, 1.54) is 6.07 Å². The number of ether oxygens (including phenoxy) is 1. The summed E-state index contributed by atoms with van der Waals surface area (Å²) in [7, 11) is 0. The molecule has 90 valence electrons. The summed E-state index contributed by atoms with van der Waals surface area (Å²) in [6, 6.07) is 10.3. The Kier molecular flexibility index (Phi) is 3.16. The summed E-state index contributed by atoms with van der Waals surface area (Å²) in [5.74, 6) is 0.819. The van der Waals surface area contributed by atoms with Crippen LogP contribution in [0.1, 0.15) is 16.8 Å². The maximum atomic E-state index is 9.36. The van der Waals surface area contributed by atoms with Crippen molar-refractivity contribution in [1.29, 1.82) is 5.26 Å². The van der Waals surface area contributed by atoms with Gasteiger partial charge < -0.3 is 9.84 Å². The van der Waals surface area contributed by atoms with E-state index in [9.17, 15) is 5.11 Å². The van der Waals surface area contributed by atoms with Crippen LogP contribution in [0.25, 0.3) is 0 Å². The first-order chi connectivity index (χ1) is 8.60. The smallest absolute Gasteiger partial charge is 0.237 e. The van der Waals surface area contributed by atoms with Crippen molar-refractivity contribution in [1.82, 2.24) is 4.98 Å². The number of aromatic hydroxyl groups is 1. The number of benzene rings is 1. The number of hydrogen-bond donors (Lipinski definition) is 1. The predicted molar refractivity (Wildman–Crippen MR) is 66.6 cm³/mol. The fraction of sp³-hybridized carbons (Fsp3) is 0.143. The molecule has 0 radical (unpaired) electrons. The van der Waals surface area contributed by atoms with Crippen molar-refractivity contribution in [3.05, 3.63) is 47.2 Å². The zero-order valence-electron chi connectivity index (χ0n) is 10.1. The number of phenols is 1. The van der Waals surface area contributed by atoms with Gasteiger partial charge in [-0.3, -0.25) is 0 Å². The number of aryl methyl sites for hydroxylation is 2. The summed E-state index contributed by atoms with van der Waals surface area (Å²) >= 11 is 0. The SMILES string of the molecule is Cc1cc(C)c(C#N)c(Oc2cccc(O)c2)n1. The van der Waals surface area contributed by atoms with E-state index in [0.29, 0.717) is 11.3 Å². The van der Waals surface area contributed by atoms with Crippen LogP contribution in [0.3, 0.4) is 0 Å². The van der Waals surface area contributed by atoms with Crippen LogP contribution in [0.15, 0.2) is 30.3 Å². The fourth-order valence-electron chi connectivity index (χ4n) is 1.67. The Balaban J connectivity index is 2.43. The second kappa shape index (κ2) is 4.76. The van der Waals surface area contributed by atoms with Crippen molar-refractivity contribution in [2.75, 3.05) is 0 Å². The molecule has 0 amide bonds. The lowest BCUT2D eigenvalue weighted by molar-refractivity contribution is 0.443. The number of hydrogen-bond acceptors (Lipinski definition) is 4. The van der Waals surface area contributed by atoms with Gasteiger partial charge in [-0.25, -0.2) is 4.98 Å². The summed E-state index contributed by atoms with van der Waals surface area (Å²) in [6.07, 6.45) is 0. The molecule has 0 unspecified atom stereocenters. The standard InChI is InChI=1S/C14H12N2O2/c1-9-6-10(2)16-14(13(9)8-15)18-12-5-3-4-11(17)7-12/h3-7,17H,1-2H3. The van der Waals surface area contributed by atoms with Gasteiger partial charge in [-0.1, -0.05) is 6.07 Å². The highest BCUT2D eigenvalue weighted by Crippen LogP contribution is 2.27. The number of pyridine rings is 1. The summed E-state index contributed by atoms with van der Waals surface area (Å²) in [5.41, 5.74) is 2.01. The number of nitriles is 1. The van der Waals surface area contributed by atoms with E-state index in [1.807, 2.05) is 19.9 Å². The van der Waals surface area contributed by atoms with Gasteiger partial charge in [0.2, 0.25) is 5.88 Å². The Bertz CT molecular complexity index is 630. The molecule has 1 aromatic heterocycles.